The third kappa shape index (κ3) is 3.03. The molecular formula is C15H30N2. The van der Waals surface area contributed by atoms with Gasteiger partial charge in [-0.25, -0.2) is 0 Å². The molecule has 2 heteroatoms. The van der Waals surface area contributed by atoms with Gasteiger partial charge in [-0.1, -0.05) is 13.3 Å². The first-order chi connectivity index (χ1) is 8.03. The molecule has 0 aromatic heterocycles. The van der Waals surface area contributed by atoms with Crippen molar-refractivity contribution in [3.8, 4) is 0 Å². The first kappa shape index (κ1) is 13.4. The molecule has 0 bridgehead atoms. The van der Waals surface area contributed by atoms with E-state index < -0.39 is 0 Å². The van der Waals surface area contributed by atoms with Crippen LogP contribution in [-0.2, 0) is 0 Å². The molecule has 0 aromatic carbocycles. The Morgan fingerprint density at radius 2 is 2.06 bits per heavy atom. The summed E-state index contributed by atoms with van der Waals surface area (Å²) in [5.41, 5.74) is 6.75. The SMILES string of the molecule is CCC1CCC(N)C(CN2CCCC2(C)C)C1. The van der Waals surface area contributed by atoms with Crippen LogP contribution in [-0.4, -0.2) is 29.6 Å². The van der Waals surface area contributed by atoms with Gasteiger partial charge in [-0.2, -0.15) is 0 Å². The molecule has 17 heavy (non-hydrogen) atoms. The van der Waals surface area contributed by atoms with Crippen LogP contribution in [0, 0.1) is 11.8 Å². The lowest BCUT2D eigenvalue weighted by molar-refractivity contribution is 0.108. The van der Waals surface area contributed by atoms with Gasteiger partial charge in [-0.3, -0.25) is 4.90 Å². The van der Waals surface area contributed by atoms with Crippen molar-refractivity contribution >= 4 is 0 Å². The Morgan fingerprint density at radius 3 is 2.65 bits per heavy atom. The number of hydrogen-bond acceptors (Lipinski definition) is 2. The molecule has 2 aliphatic rings. The van der Waals surface area contributed by atoms with Crippen molar-refractivity contribution in [3.63, 3.8) is 0 Å². The molecule has 1 saturated heterocycles. The summed E-state index contributed by atoms with van der Waals surface area (Å²) >= 11 is 0. The minimum Gasteiger partial charge on any atom is -0.327 e. The van der Waals surface area contributed by atoms with Crippen LogP contribution < -0.4 is 5.73 Å². The van der Waals surface area contributed by atoms with Crippen LogP contribution >= 0.6 is 0 Å². The van der Waals surface area contributed by atoms with E-state index in [-0.39, 0.29) is 0 Å². The lowest BCUT2D eigenvalue weighted by Crippen LogP contribution is -2.47. The molecule has 2 N–H and O–H groups in total. The Bertz CT molecular complexity index is 249. The Hall–Kier alpha value is -0.0800. The summed E-state index contributed by atoms with van der Waals surface area (Å²) in [6, 6.07) is 0.453. The molecule has 1 aliphatic heterocycles. The van der Waals surface area contributed by atoms with E-state index in [0.29, 0.717) is 11.6 Å². The van der Waals surface area contributed by atoms with Crippen molar-refractivity contribution in [3.05, 3.63) is 0 Å². The molecule has 100 valence electrons. The predicted octanol–water partition coefficient (Wildman–Crippen LogP) is 3.01. The first-order valence-corrected chi connectivity index (χ1v) is 7.53. The van der Waals surface area contributed by atoms with Crippen molar-refractivity contribution in [1.29, 1.82) is 0 Å². The normalized spacial score (nSPS) is 38.5. The second kappa shape index (κ2) is 5.27. The summed E-state index contributed by atoms with van der Waals surface area (Å²) < 4.78 is 0. The van der Waals surface area contributed by atoms with Gasteiger partial charge in [0.05, 0.1) is 0 Å². The topological polar surface area (TPSA) is 29.3 Å². The number of nitrogens with two attached hydrogens (primary N) is 1. The lowest BCUT2D eigenvalue weighted by Gasteiger charge is -2.40. The van der Waals surface area contributed by atoms with Gasteiger partial charge in [-0.05, 0) is 64.3 Å². The second-order valence-electron chi connectivity index (χ2n) is 6.87. The molecule has 0 radical (unpaired) electrons. The maximum Gasteiger partial charge on any atom is 0.0153 e. The third-order valence-corrected chi connectivity index (χ3v) is 5.25. The number of rotatable bonds is 3. The minimum absolute atomic E-state index is 0.416. The maximum atomic E-state index is 6.34. The van der Waals surface area contributed by atoms with E-state index in [1.54, 1.807) is 0 Å². The monoisotopic (exact) mass is 238 g/mol. The van der Waals surface area contributed by atoms with Crippen molar-refractivity contribution < 1.29 is 0 Å². The maximum absolute atomic E-state index is 6.34. The average Bonchev–Trinajstić information content (AvgIpc) is 2.61. The van der Waals surface area contributed by atoms with Crippen LogP contribution in [0.5, 0.6) is 0 Å². The summed E-state index contributed by atoms with van der Waals surface area (Å²) in [7, 11) is 0. The van der Waals surface area contributed by atoms with Gasteiger partial charge in [-0.15, -0.1) is 0 Å². The highest BCUT2D eigenvalue weighted by Crippen LogP contribution is 2.35. The number of likely N-dealkylation sites (tertiary alicyclic amines) is 1. The van der Waals surface area contributed by atoms with Crippen molar-refractivity contribution in [2.75, 3.05) is 13.1 Å². The number of hydrogen-bond donors (Lipinski definition) is 1. The Labute approximate surface area is 107 Å². The van der Waals surface area contributed by atoms with Crippen LogP contribution in [0.25, 0.3) is 0 Å². The van der Waals surface area contributed by atoms with Gasteiger partial charge < -0.3 is 5.73 Å². The molecule has 2 fully saturated rings. The Balaban J connectivity index is 1.92. The van der Waals surface area contributed by atoms with Crippen LogP contribution in [0.2, 0.25) is 0 Å². The smallest absolute Gasteiger partial charge is 0.0153 e. The molecule has 3 unspecified atom stereocenters. The zero-order chi connectivity index (χ0) is 12.5. The van der Waals surface area contributed by atoms with Crippen LogP contribution in [0.4, 0.5) is 0 Å². The second-order valence-corrected chi connectivity index (χ2v) is 6.87. The van der Waals surface area contributed by atoms with E-state index >= 15 is 0 Å². The molecule has 0 amide bonds. The highest BCUT2D eigenvalue weighted by Gasteiger charge is 2.36. The molecule has 1 aliphatic carbocycles. The van der Waals surface area contributed by atoms with Gasteiger partial charge in [0, 0.05) is 18.1 Å². The molecule has 3 atom stereocenters. The fourth-order valence-corrected chi connectivity index (χ4v) is 3.75. The van der Waals surface area contributed by atoms with E-state index in [9.17, 15) is 0 Å². The van der Waals surface area contributed by atoms with E-state index in [0.717, 1.165) is 11.8 Å². The molecule has 2 nitrogen and oxygen atoms in total. The van der Waals surface area contributed by atoms with Crippen molar-refractivity contribution in [2.45, 2.75) is 70.9 Å². The zero-order valence-electron chi connectivity index (χ0n) is 11.9. The fraction of sp³-hybridized carbons (Fsp3) is 1.00. The highest BCUT2D eigenvalue weighted by molar-refractivity contribution is 4.92. The largest absolute Gasteiger partial charge is 0.327 e. The summed E-state index contributed by atoms with van der Waals surface area (Å²) in [5, 5.41) is 0. The lowest BCUT2D eigenvalue weighted by atomic mass is 9.77. The summed E-state index contributed by atoms with van der Waals surface area (Å²) in [4.78, 5) is 2.69. The highest BCUT2D eigenvalue weighted by atomic mass is 15.2. The van der Waals surface area contributed by atoms with Crippen LogP contribution in [0.1, 0.15) is 59.3 Å². The van der Waals surface area contributed by atoms with Crippen molar-refractivity contribution in [2.24, 2.45) is 17.6 Å². The first-order valence-electron chi connectivity index (χ1n) is 7.53. The van der Waals surface area contributed by atoms with Crippen LogP contribution in [0.15, 0.2) is 0 Å². The minimum atomic E-state index is 0.416. The fourth-order valence-electron chi connectivity index (χ4n) is 3.75. The van der Waals surface area contributed by atoms with Crippen molar-refractivity contribution in [1.82, 2.24) is 4.90 Å². The van der Waals surface area contributed by atoms with Gasteiger partial charge in [0.25, 0.3) is 0 Å². The summed E-state index contributed by atoms with van der Waals surface area (Å²) in [6.45, 7) is 9.65. The van der Waals surface area contributed by atoms with E-state index in [2.05, 4.69) is 25.7 Å². The standard InChI is InChI=1S/C15H30N2/c1-4-12-6-7-14(16)13(10-12)11-17-9-5-8-15(17,2)3/h12-14H,4-11,16H2,1-3H3. The molecule has 2 rings (SSSR count). The van der Waals surface area contributed by atoms with Crippen LogP contribution in [0.3, 0.4) is 0 Å². The van der Waals surface area contributed by atoms with Gasteiger partial charge in [0.2, 0.25) is 0 Å². The van der Waals surface area contributed by atoms with E-state index in [4.69, 9.17) is 5.73 Å². The summed E-state index contributed by atoms with van der Waals surface area (Å²) in [6.07, 6.45) is 8.03. The summed E-state index contributed by atoms with van der Waals surface area (Å²) in [5.74, 6) is 1.68. The molecule has 1 saturated carbocycles. The van der Waals surface area contributed by atoms with E-state index in [1.807, 2.05) is 0 Å². The Kier molecular flexibility index (Phi) is 4.14. The van der Waals surface area contributed by atoms with Gasteiger partial charge in [0.1, 0.15) is 0 Å². The van der Waals surface area contributed by atoms with Gasteiger partial charge in [0.15, 0.2) is 0 Å². The van der Waals surface area contributed by atoms with E-state index in [1.165, 1.54) is 51.6 Å². The zero-order valence-corrected chi connectivity index (χ0v) is 11.9. The Morgan fingerprint density at radius 1 is 1.29 bits per heavy atom. The molecule has 0 spiro atoms. The number of nitrogens with zero attached hydrogens (tertiary/aromatic N) is 1. The molecular weight excluding hydrogens is 208 g/mol. The van der Waals surface area contributed by atoms with Gasteiger partial charge >= 0.3 is 0 Å². The molecule has 0 aromatic rings. The quantitative estimate of drug-likeness (QED) is 0.819. The molecule has 1 heterocycles. The third-order valence-electron chi connectivity index (χ3n) is 5.25. The predicted molar refractivity (Wildman–Crippen MR) is 74.0 cm³/mol. The average molecular weight is 238 g/mol.